The molecule has 2 aliphatic heterocycles. The van der Waals surface area contributed by atoms with Crippen molar-refractivity contribution >= 4 is 23.3 Å². The topological polar surface area (TPSA) is 44.8 Å². The van der Waals surface area contributed by atoms with Crippen LogP contribution in [0.5, 0.6) is 0 Å². The summed E-state index contributed by atoms with van der Waals surface area (Å²) in [4.78, 5) is 16.5. The second kappa shape index (κ2) is 7.41. The van der Waals surface area contributed by atoms with Crippen LogP contribution in [0.2, 0.25) is 5.02 Å². The Balaban J connectivity index is 1.49. The van der Waals surface area contributed by atoms with Gasteiger partial charge in [0.15, 0.2) is 0 Å². The molecule has 2 atom stereocenters. The number of hydrogen-bond acceptors (Lipinski definition) is 3. The van der Waals surface area contributed by atoms with Gasteiger partial charge in [-0.3, -0.25) is 0 Å². The number of nitrogens with one attached hydrogen (secondary N) is 1. The summed E-state index contributed by atoms with van der Waals surface area (Å²) in [5.41, 5.74) is 1.12. The maximum Gasteiger partial charge on any atom is 0.317 e. The number of hydrogen-bond donors (Lipinski definition) is 1. The highest BCUT2D eigenvalue weighted by Gasteiger charge is 2.27. The Hall–Kier alpha value is -1.46. The van der Waals surface area contributed by atoms with Crippen molar-refractivity contribution in [3.63, 3.8) is 0 Å². The number of benzene rings is 1. The molecule has 0 bridgehead atoms. The lowest BCUT2D eigenvalue weighted by Crippen LogP contribution is -2.54. The minimum Gasteiger partial charge on any atom is -0.376 e. The summed E-state index contributed by atoms with van der Waals surface area (Å²) in [5.74, 6) is 0. The number of nitrogens with zero attached hydrogens (tertiary/aromatic N) is 2. The first-order valence-corrected chi connectivity index (χ1v) is 8.69. The van der Waals surface area contributed by atoms with Gasteiger partial charge < -0.3 is 19.9 Å². The molecule has 0 saturated carbocycles. The van der Waals surface area contributed by atoms with Crippen molar-refractivity contribution in [1.82, 2.24) is 10.2 Å². The van der Waals surface area contributed by atoms with Crippen LogP contribution in [-0.4, -0.2) is 55.9 Å². The Morgan fingerprint density at radius 1 is 1.35 bits per heavy atom. The molecule has 2 aliphatic rings. The quantitative estimate of drug-likeness (QED) is 0.922. The molecule has 6 heteroatoms. The van der Waals surface area contributed by atoms with Gasteiger partial charge in [0.25, 0.3) is 0 Å². The van der Waals surface area contributed by atoms with Crippen molar-refractivity contribution < 1.29 is 9.53 Å². The number of ether oxygens (including phenoxy) is 1. The van der Waals surface area contributed by atoms with Gasteiger partial charge in [-0.2, -0.15) is 0 Å². The van der Waals surface area contributed by atoms with Crippen LogP contribution in [0.4, 0.5) is 10.5 Å². The van der Waals surface area contributed by atoms with Gasteiger partial charge in [0.1, 0.15) is 0 Å². The predicted octanol–water partition coefficient (Wildman–Crippen LogP) is 2.74. The van der Waals surface area contributed by atoms with Crippen LogP contribution in [0.3, 0.4) is 0 Å². The lowest BCUT2D eigenvalue weighted by atomic mass is 10.1. The lowest BCUT2D eigenvalue weighted by molar-refractivity contribution is 0.0831. The molecule has 5 nitrogen and oxygen atoms in total. The van der Waals surface area contributed by atoms with E-state index in [-0.39, 0.29) is 18.2 Å². The molecule has 0 spiro atoms. The fraction of sp³-hybridized carbons (Fsp3) is 0.588. The number of carbonyl (C=O) groups is 1. The normalized spacial score (nSPS) is 23.0. The SMILES string of the molecule is C[C@H](NC(=O)N1CCN(c2cccc(Cl)c2)CC1)[C@@H]1CCCO1. The number of piperazine rings is 1. The third-order valence-corrected chi connectivity index (χ3v) is 4.85. The first kappa shape index (κ1) is 16.4. The van der Waals surface area contributed by atoms with Crippen molar-refractivity contribution in [3.8, 4) is 0 Å². The fourth-order valence-electron chi connectivity index (χ4n) is 3.22. The average Bonchev–Trinajstić information content (AvgIpc) is 3.09. The molecule has 0 aromatic heterocycles. The standard InChI is InChI=1S/C17H24ClN3O2/c1-13(16-6-3-11-23-16)19-17(22)21-9-7-20(8-10-21)15-5-2-4-14(18)12-15/h2,4-5,12-13,16H,3,6-11H2,1H3,(H,19,22)/t13-,16-/m0/s1. The van der Waals surface area contributed by atoms with E-state index in [9.17, 15) is 4.79 Å². The summed E-state index contributed by atoms with van der Waals surface area (Å²) in [6.07, 6.45) is 2.28. The smallest absolute Gasteiger partial charge is 0.317 e. The van der Waals surface area contributed by atoms with Gasteiger partial charge in [-0.25, -0.2) is 4.79 Å². The number of rotatable bonds is 3. The van der Waals surface area contributed by atoms with Gasteiger partial charge in [-0.05, 0) is 38.0 Å². The van der Waals surface area contributed by atoms with Crippen molar-refractivity contribution in [2.24, 2.45) is 0 Å². The summed E-state index contributed by atoms with van der Waals surface area (Å²) < 4.78 is 5.64. The summed E-state index contributed by atoms with van der Waals surface area (Å²) in [7, 11) is 0. The Morgan fingerprint density at radius 2 is 2.13 bits per heavy atom. The highest BCUT2D eigenvalue weighted by Crippen LogP contribution is 2.21. The highest BCUT2D eigenvalue weighted by atomic mass is 35.5. The minimum absolute atomic E-state index is 0.0127. The molecule has 3 rings (SSSR count). The minimum atomic E-state index is 0.0127. The molecule has 1 aromatic rings. The molecule has 1 aromatic carbocycles. The number of halogens is 1. The maximum absolute atomic E-state index is 12.4. The van der Waals surface area contributed by atoms with Crippen LogP contribution in [0.1, 0.15) is 19.8 Å². The van der Waals surface area contributed by atoms with E-state index in [1.54, 1.807) is 0 Å². The van der Waals surface area contributed by atoms with Crippen LogP contribution in [-0.2, 0) is 4.74 Å². The predicted molar refractivity (Wildman–Crippen MR) is 92.2 cm³/mol. The zero-order valence-electron chi connectivity index (χ0n) is 13.5. The maximum atomic E-state index is 12.4. The average molecular weight is 338 g/mol. The molecule has 2 fully saturated rings. The van der Waals surface area contributed by atoms with Crippen molar-refractivity contribution in [1.29, 1.82) is 0 Å². The Bertz CT molecular complexity index is 540. The molecule has 0 aliphatic carbocycles. The largest absolute Gasteiger partial charge is 0.376 e. The third kappa shape index (κ3) is 4.09. The summed E-state index contributed by atoms with van der Waals surface area (Å²) in [6.45, 7) is 5.91. The summed E-state index contributed by atoms with van der Waals surface area (Å²) in [5, 5.41) is 3.82. The second-order valence-electron chi connectivity index (χ2n) is 6.24. The van der Waals surface area contributed by atoms with E-state index < -0.39 is 0 Å². The van der Waals surface area contributed by atoms with Crippen LogP contribution in [0, 0.1) is 0 Å². The van der Waals surface area contributed by atoms with Crippen molar-refractivity contribution in [2.75, 3.05) is 37.7 Å². The number of anilines is 1. The number of amides is 2. The molecular formula is C17H24ClN3O2. The zero-order valence-corrected chi connectivity index (χ0v) is 14.3. The molecule has 23 heavy (non-hydrogen) atoms. The molecule has 2 heterocycles. The van der Waals surface area contributed by atoms with Gasteiger partial charge in [0.05, 0.1) is 12.1 Å². The molecule has 0 unspecified atom stereocenters. The third-order valence-electron chi connectivity index (χ3n) is 4.61. The van der Waals surface area contributed by atoms with Crippen molar-refractivity contribution in [3.05, 3.63) is 29.3 Å². The second-order valence-corrected chi connectivity index (χ2v) is 6.68. The Kier molecular flexibility index (Phi) is 5.28. The lowest BCUT2D eigenvalue weighted by Gasteiger charge is -2.37. The monoisotopic (exact) mass is 337 g/mol. The molecule has 126 valence electrons. The first-order valence-electron chi connectivity index (χ1n) is 8.31. The van der Waals surface area contributed by atoms with E-state index in [0.717, 1.165) is 56.3 Å². The zero-order chi connectivity index (χ0) is 16.2. The van der Waals surface area contributed by atoms with Gasteiger partial charge in [-0.1, -0.05) is 17.7 Å². The number of urea groups is 1. The van der Waals surface area contributed by atoms with E-state index >= 15 is 0 Å². The molecule has 0 radical (unpaired) electrons. The van der Waals surface area contributed by atoms with Crippen LogP contribution in [0.15, 0.2) is 24.3 Å². The van der Waals surface area contributed by atoms with Gasteiger partial charge in [0, 0.05) is 43.5 Å². The fourth-order valence-corrected chi connectivity index (χ4v) is 3.40. The highest BCUT2D eigenvalue weighted by molar-refractivity contribution is 6.30. The number of carbonyl (C=O) groups excluding carboxylic acids is 1. The van der Waals surface area contributed by atoms with Gasteiger partial charge in [-0.15, -0.1) is 0 Å². The molecule has 2 saturated heterocycles. The Morgan fingerprint density at radius 3 is 2.78 bits per heavy atom. The van der Waals surface area contributed by atoms with Crippen LogP contribution >= 0.6 is 11.6 Å². The van der Waals surface area contributed by atoms with Crippen LogP contribution in [0.25, 0.3) is 0 Å². The molecule has 1 N–H and O–H groups in total. The Labute approximate surface area is 142 Å². The van der Waals surface area contributed by atoms with E-state index in [1.807, 2.05) is 30.0 Å². The molecule has 2 amide bonds. The van der Waals surface area contributed by atoms with Gasteiger partial charge >= 0.3 is 6.03 Å². The van der Waals surface area contributed by atoms with E-state index in [0.29, 0.717) is 0 Å². The van der Waals surface area contributed by atoms with Crippen LogP contribution < -0.4 is 10.2 Å². The van der Waals surface area contributed by atoms with Gasteiger partial charge in [0.2, 0.25) is 0 Å². The summed E-state index contributed by atoms with van der Waals surface area (Å²) >= 11 is 6.05. The van der Waals surface area contributed by atoms with E-state index in [4.69, 9.17) is 16.3 Å². The summed E-state index contributed by atoms with van der Waals surface area (Å²) in [6, 6.07) is 7.94. The first-order chi connectivity index (χ1) is 11.1. The van der Waals surface area contributed by atoms with Crippen molar-refractivity contribution in [2.45, 2.75) is 31.9 Å². The van der Waals surface area contributed by atoms with E-state index in [2.05, 4.69) is 16.3 Å². The molecular weight excluding hydrogens is 314 g/mol. The van der Waals surface area contributed by atoms with E-state index in [1.165, 1.54) is 0 Å².